The molecule has 0 fully saturated rings. The summed E-state index contributed by atoms with van der Waals surface area (Å²) in [6.07, 6.45) is 1.90. The molecule has 0 aliphatic carbocycles. The average Bonchev–Trinajstić information content (AvgIpc) is 3.24. The minimum Gasteiger partial charge on any atom is -0.481 e. The van der Waals surface area contributed by atoms with Gasteiger partial charge in [0, 0.05) is 23.7 Å². The SMILES string of the molecule is CC(C)c1ccccc1Nc1nc2ccc(CC(=O)CNc3ccc(C(C)CC(=O)O)nc3)cc2o1. The number of anilines is 3. The summed E-state index contributed by atoms with van der Waals surface area (Å²) in [6.45, 7) is 6.25. The molecule has 2 aromatic carbocycles. The first-order valence-electron chi connectivity index (χ1n) is 12.0. The number of pyridine rings is 1. The fourth-order valence-electron chi connectivity index (χ4n) is 4.02. The fraction of sp³-hybridized carbons (Fsp3) is 0.286. The average molecular weight is 487 g/mol. The molecule has 1 atom stereocenters. The third-order valence-corrected chi connectivity index (χ3v) is 5.94. The summed E-state index contributed by atoms with van der Waals surface area (Å²) in [5, 5.41) is 15.3. The van der Waals surface area contributed by atoms with Crippen molar-refractivity contribution in [2.45, 2.75) is 45.4 Å². The van der Waals surface area contributed by atoms with Gasteiger partial charge in [-0.15, -0.1) is 0 Å². The second-order valence-corrected chi connectivity index (χ2v) is 9.23. The summed E-state index contributed by atoms with van der Waals surface area (Å²) in [6, 6.07) is 17.7. The first-order chi connectivity index (χ1) is 17.3. The van der Waals surface area contributed by atoms with Crippen molar-refractivity contribution in [1.82, 2.24) is 9.97 Å². The second-order valence-electron chi connectivity index (χ2n) is 9.23. The number of nitrogens with zero attached hydrogens (tertiary/aromatic N) is 2. The molecular weight excluding hydrogens is 456 g/mol. The summed E-state index contributed by atoms with van der Waals surface area (Å²) in [5.74, 6) is -0.658. The van der Waals surface area contributed by atoms with Crippen molar-refractivity contribution in [1.29, 1.82) is 0 Å². The van der Waals surface area contributed by atoms with Crippen molar-refractivity contribution < 1.29 is 19.1 Å². The molecule has 2 heterocycles. The van der Waals surface area contributed by atoms with Crippen molar-refractivity contribution in [2.24, 2.45) is 0 Å². The van der Waals surface area contributed by atoms with Gasteiger partial charge in [0.1, 0.15) is 5.52 Å². The summed E-state index contributed by atoms with van der Waals surface area (Å²) < 4.78 is 5.92. The van der Waals surface area contributed by atoms with Gasteiger partial charge in [0.25, 0.3) is 6.01 Å². The van der Waals surface area contributed by atoms with Gasteiger partial charge in [-0.25, -0.2) is 0 Å². The van der Waals surface area contributed by atoms with Crippen molar-refractivity contribution in [2.75, 3.05) is 17.2 Å². The first kappa shape index (κ1) is 24.9. The minimum absolute atomic E-state index is 0.0152. The van der Waals surface area contributed by atoms with Crippen molar-refractivity contribution >= 4 is 40.2 Å². The van der Waals surface area contributed by atoms with Crippen LogP contribution in [0.3, 0.4) is 0 Å². The fourth-order valence-corrected chi connectivity index (χ4v) is 4.02. The molecule has 0 aliphatic rings. The zero-order valence-corrected chi connectivity index (χ0v) is 20.6. The number of fused-ring (bicyclic) bond motifs is 1. The van der Waals surface area contributed by atoms with Crippen LogP contribution in [0.25, 0.3) is 11.1 Å². The van der Waals surface area contributed by atoms with Crippen LogP contribution in [-0.2, 0) is 16.0 Å². The molecular formula is C28H30N4O4. The van der Waals surface area contributed by atoms with E-state index < -0.39 is 5.97 Å². The maximum absolute atomic E-state index is 12.6. The zero-order valence-electron chi connectivity index (χ0n) is 20.6. The summed E-state index contributed by atoms with van der Waals surface area (Å²) in [5.41, 5.74) is 5.73. The smallest absolute Gasteiger partial charge is 0.304 e. The lowest BCUT2D eigenvalue weighted by atomic mass is 10.0. The van der Waals surface area contributed by atoms with E-state index in [4.69, 9.17) is 9.52 Å². The molecule has 4 rings (SSSR count). The van der Waals surface area contributed by atoms with Gasteiger partial charge >= 0.3 is 5.97 Å². The number of carbonyl (C=O) groups excluding carboxylic acids is 1. The third-order valence-electron chi connectivity index (χ3n) is 5.94. The first-order valence-corrected chi connectivity index (χ1v) is 12.0. The van der Waals surface area contributed by atoms with Gasteiger partial charge < -0.3 is 20.2 Å². The Morgan fingerprint density at radius 1 is 1.06 bits per heavy atom. The summed E-state index contributed by atoms with van der Waals surface area (Å²) in [7, 11) is 0. The number of hydrogen-bond donors (Lipinski definition) is 3. The van der Waals surface area contributed by atoms with E-state index in [1.165, 1.54) is 5.56 Å². The molecule has 0 aliphatic heterocycles. The molecule has 8 heteroatoms. The van der Waals surface area contributed by atoms with Gasteiger partial charge in [0.15, 0.2) is 11.4 Å². The van der Waals surface area contributed by atoms with Gasteiger partial charge in [-0.3, -0.25) is 14.6 Å². The molecule has 186 valence electrons. The standard InChI is InChI=1S/C28H30N4O4/c1-17(2)22-6-4-5-7-24(22)31-28-32-25-10-8-19(14-26(25)36-28)13-21(33)16-29-20-9-11-23(30-15-20)18(3)12-27(34)35/h4-11,14-15,17-18,29H,12-13,16H2,1-3H3,(H,31,32)(H,34,35). The Morgan fingerprint density at radius 2 is 1.86 bits per heavy atom. The van der Waals surface area contributed by atoms with Crippen LogP contribution in [0, 0.1) is 0 Å². The molecule has 4 aromatic rings. The number of carboxylic acids is 1. The number of ketones is 1. The highest BCUT2D eigenvalue weighted by atomic mass is 16.4. The van der Waals surface area contributed by atoms with E-state index in [1.807, 2.05) is 43.3 Å². The lowest BCUT2D eigenvalue weighted by molar-refractivity contribution is -0.137. The van der Waals surface area contributed by atoms with Crippen molar-refractivity contribution in [3.8, 4) is 0 Å². The van der Waals surface area contributed by atoms with E-state index in [-0.39, 0.29) is 31.1 Å². The van der Waals surface area contributed by atoms with E-state index in [9.17, 15) is 9.59 Å². The van der Waals surface area contributed by atoms with Crippen LogP contribution in [0.15, 0.2) is 65.2 Å². The predicted molar refractivity (Wildman–Crippen MR) is 140 cm³/mol. The molecule has 0 saturated heterocycles. The van der Waals surface area contributed by atoms with Gasteiger partial charge in [-0.1, -0.05) is 45.0 Å². The zero-order chi connectivity index (χ0) is 25.7. The maximum atomic E-state index is 12.6. The van der Waals surface area contributed by atoms with Crippen LogP contribution in [0.4, 0.5) is 17.4 Å². The van der Waals surface area contributed by atoms with Gasteiger partial charge in [-0.05, 0) is 47.4 Å². The number of hydrogen-bond acceptors (Lipinski definition) is 7. The lowest BCUT2D eigenvalue weighted by Crippen LogP contribution is -2.16. The number of carboxylic acid groups (broad SMARTS) is 1. The Bertz CT molecular complexity index is 1360. The highest BCUT2D eigenvalue weighted by molar-refractivity contribution is 5.86. The van der Waals surface area contributed by atoms with Crippen LogP contribution in [0.5, 0.6) is 0 Å². The number of oxazole rings is 1. The molecule has 0 radical (unpaired) electrons. The van der Waals surface area contributed by atoms with Crippen LogP contribution in [0.2, 0.25) is 0 Å². The number of Topliss-reactive ketones (excluding diaryl/α,β-unsaturated/α-hetero) is 1. The molecule has 0 amide bonds. The summed E-state index contributed by atoms with van der Waals surface area (Å²) in [4.78, 5) is 32.3. The third kappa shape index (κ3) is 6.27. The van der Waals surface area contributed by atoms with Crippen LogP contribution in [0.1, 0.15) is 55.8 Å². The number of aromatic nitrogens is 2. The molecule has 8 nitrogen and oxygen atoms in total. The van der Waals surface area contributed by atoms with E-state index in [1.54, 1.807) is 18.3 Å². The number of aliphatic carboxylic acids is 1. The van der Waals surface area contributed by atoms with Crippen LogP contribution in [-0.4, -0.2) is 33.4 Å². The van der Waals surface area contributed by atoms with Gasteiger partial charge in [0.2, 0.25) is 0 Å². The molecule has 36 heavy (non-hydrogen) atoms. The molecule has 0 saturated carbocycles. The Hall–Kier alpha value is -4.20. The molecule has 3 N–H and O–H groups in total. The Balaban J connectivity index is 1.35. The normalized spacial score (nSPS) is 12.0. The predicted octanol–water partition coefficient (Wildman–Crippen LogP) is 5.89. The van der Waals surface area contributed by atoms with Crippen molar-refractivity contribution in [3.63, 3.8) is 0 Å². The van der Waals surface area contributed by atoms with E-state index in [2.05, 4.69) is 40.5 Å². The summed E-state index contributed by atoms with van der Waals surface area (Å²) >= 11 is 0. The molecule has 1 unspecified atom stereocenters. The number of carbonyl (C=O) groups is 2. The Kier molecular flexibility index (Phi) is 7.63. The van der Waals surface area contributed by atoms with Gasteiger partial charge in [0.05, 0.1) is 24.8 Å². The van der Waals surface area contributed by atoms with E-state index in [0.29, 0.717) is 28.9 Å². The number of nitrogens with one attached hydrogen (secondary N) is 2. The largest absolute Gasteiger partial charge is 0.481 e. The second kappa shape index (κ2) is 11.0. The van der Waals surface area contributed by atoms with E-state index in [0.717, 1.165) is 16.8 Å². The quantitative estimate of drug-likeness (QED) is 0.240. The number of rotatable bonds is 11. The van der Waals surface area contributed by atoms with Crippen molar-refractivity contribution in [3.05, 3.63) is 77.6 Å². The maximum Gasteiger partial charge on any atom is 0.304 e. The molecule has 0 bridgehead atoms. The minimum atomic E-state index is -0.857. The topological polar surface area (TPSA) is 117 Å². The molecule has 2 aromatic heterocycles. The number of benzene rings is 2. The van der Waals surface area contributed by atoms with Gasteiger partial charge in [-0.2, -0.15) is 4.98 Å². The Morgan fingerprint density at radius 3 is 2.58 bits per heavy atom. The highest BCUT2D eigenvalue weighted by Crippen LogP contribution is 2.28. The van der Waals surface area contributed by atoms with Crippen LogP contribution < -0.4 is 10.6 Å². The highest BCUT2D eigenvalue weighted by Gasteiger charge is 2.13. The Labute approximate surface area is 209 Å². The monoisotopic (exact) mass is 486 g/mol. The van der Waals surface area contributed by atoms with E-state index >= 15 is 0 Å². The van der Waals surface area contributed by atoms with Crippen LogP contribution >= 0.6 is 0 Å². The lowest BCUT2D eigenvalue weighted by Gasteiger charge is -2.11. The number of para-hydroxylation sites is 1. The molecule has 0 spiro atoms.